The topological polar surface area (TPSA) is 20.3 Å². The van der Waals surface area contributed by atoms with Crippen molar-refractivity contribution in [3.8, 4) is 0 Å². The minimum absolute atomic E-state index is 0.725. The van der Waals surface area contributed by atoms with E-state index in [1.807, 2.05) is 12.1 Å². The average molecular weight is 382 g/mol. The monoisotopic (exact) mass is 381 g/mol. The molecular formula is C25H37N2O+. The van der Waals surface area contributed by atoms with Gasteiger partial charge in [0.05, 0.1) is 34.2 Å². The van der Waals surface area contributed by atoms with E-state index >= 15 is 0 Å². The number of hydrogen-bond acceptors (Lipinski definition) is 2. The third kappa shape index (κ3) is 7.85. The molecule has 0 aliphatic rings. The molecule has 2 rings (SSSR count). The van der Waals surface area contributed by atoms with Crippen LogP contribution in [0.4, 0.5) is 5.69 Å². The Labute approximate surface area is 171 Å². The molecule has 0 amide bonds. The highest BCUT2D eigenvalue weighted by Crippen LogP contribution is 2.19. The number of aldehydes is 1. The zero-order valence-electron chi connectivity index (χ0n) is 18.2. The van der Waals surface area contributed by atoms with E-state index in [9.17, 15) is 4.79 Å². The molecule has 152 valence electrons. The fraction of sp³-hybridized carbons (Fsp3) is 0.480. The molecule has 28 heavy (non-hydrogen) atoms. The van der Waals surface area contributed by atoms with Crippen LogP contribution in [0.2, 0.25) is 0 Å². The second kappa shape index (κ2) is 11.0. The maximum Gasteiger partial charge on any atom is 0.150 e. The van der Waals surface area contributed by atoms with Crippen LogP contribution in [0.3, 0.4) is 0 Å². The largest absolute Gasteiger partial charge is 0.362 e. The number of hydrogen-bond donors (Lipinski definition) is 0. The Balaban J connectivity index is 2.04. The molecule has 0 radical (unpaired) electrons. The molecule has 3 nitrogen and oxygen atoms in total. The number of carbonyl (C=O) groups excluding carboxylic acids is 1. The van der Waals surface area contributed by atoms with Gasteiger partial charge in [-0.05, 0) is 48.2 Å². The number of benzene rings is 2. The van der Waals surface area contributed by atoms with E-state index in [4.69, 9.17) is 0 Å². The summed E-state index contributed by atoms with van der Waals surface area (Å²) in [5.74, 6) is 0. The Morgan fingerprint density at radius 1 is 0.857 bits per heavy atom. The molecule has 0 heterocycles. The Morgan fingerprint density at radius 3 is 2.07 bits per heavy atom. The maximum absolute atomic E-state index is 11.0. The second-order valence-electron chi connectivity index (χ2n) is 8.77. The van der Waals surface area contributed by atoms with Gasteiger partial charge in [0, 0.05) is 17.8 Å². The molecule has 0 aromatic heterocycles. The lowest BCUT2D eigenvalue weighted by molar-refractivity contribution is -0.868. The lowest BCUT2D eigenvalue weighted by atomic mass is 10.0. The number of nitrogens with zero attached hydrogens (tertiary/aromatic N) is 2. The molecular weight excluding hydrogens is 344 g/mol. The van der Waals surface area contributed by atoms with E-state index in [-0.39, 0.29) is 0 Å². The highest BCUT2D eigenvalue weighted by molar-refractivity contribution is 5.75. The minimum atomic E-state index is 0.725. The summed E-state index contributed by atoms with van der Waals surface area (Å²) in [5.41, 5.74) is 4.66. The Morgan fingerprint density at radius 2 is 1.50 bits per heavy atom. The molecule has 0 bridgehead atoms. The van der Waals surface area contributed by atoms with Crippen LogP contribution in [0, 0.1) is 0 Å². The van der Waals surface area contributed by atoms with Gasteiger partial charge in [-0.3, -0.25) is 4.79 Å². The van der Waals surface area contributed by atoms with Crippen LogP contribution >= 0.6 is 0 Å². The second-order valence-corrected chi connectivity index (χ2v) is 8.77. The fourth-order valence-electron chi connectivity index (χ4n) is 3.27. The van der Waals surface area contributed by atoms with Gasteiger partial charge in [-0.2, -0.15) is 0 Å². The number of quaternary nitrogens is 1. The van der Waals surface area contributed by atoms with Gasteiger partial charge in [-0.1, -0.05) is 50.5 Å². The first-order valence-electron chi connectivity index (χ1n) is 10.6. The van der Waals surface area contributed by atoms with Gasteiger partial charge in [-0.15, -0.1) is 0 Å². The quantitative estimate of drug-likeness (QED) is 0.281. The van der Waals surface area contributed by atoms with E-state index in [1.54, 1.807) is 0 Å². The molecule has 0 fully saturated rings. The highest BCUT2D eigenvalue weighted by Gasteiger charge is 2.13. The SMILES string of the molecule is CCCCCCc1ccc(CN(CC[N+](C)(C)C)c2ccc(C=O)cc2)cc1. The summed E-state index contributed by atoms with van der Waals surface area (Å²) in [6.45, 7) is 5.18. The molecule has 0 spiro atoms. The van der Waals surface area contributed by atoms with Crippen LogP contribution in [-0.2, 0) is 13.0 Å². The van der Waals surface area contributed by atoms with Crippen molar-refractivity contribution in [2.75, 3.05) is 39.1 Å². The number of carbonyl (C=O) groups is 1. The Kier molecular flexibility index (Phi) is 8.72. The maximum atomic E-state index is 11.0. The third-order valence-electron chi connectivity index (χ3n) is 5.15. The Hall–Kier alpha value is -2.13. The van der Waals surface area contributed by atoms with Gasteiger partial charge in [0.1, 0.15) is 6.29 Å². The van der Waals surface area contributed by atoms with E-state index in [2.05, 4.69) is 69.4 Å². The van der Waals surface area contributed by atoms with E-state index in [0.717, 1.165) is 36.0 Å². The summed E-state index contributed by atoms with van der Waals surface area (Å²) in [6.07, 6.45) is 7.32. The lowest BCUT2D eigenvalue weighted by Crippen LogP contribution is -2.42. The first-order valence-corrected chi connectivity index (χ1v) is 10.6. The molecule has 3 heteroatoms. The van der Waals surface area contributed by atoms with E-state index in [1.165, 1.54) is 48.9 Å². The highest BCUT2D eigenvalue weighted by atomic mass is 16.1. The number of unbranched alkanes of at least 4 members (excludes halogenated alkanes) is 3. The summed E-state index contributed by atoms with van der Waals surface area (Å²) in [7, 11) is 6.67. The summed E-state index contributed by atoms with van der Waals surface area (Å²) in [5, 5.41) is 0. The zero-order chi connectivity index (χ0) is 20.4. The van der Waals surface area contributed by atoms with Crippen molar-refractivity contribution in [3.63, 3.8) is 0 Å². The molecule has 0 saturated heterocycles. The summed E-state index contributed by atoms with van der Waals surface area (Å²) in [4.78, 5) is 13.4. The smallest absolute Gasteiger partial charge is 0.150 e. The molecule has 2 aromatic rings. The number of likely N-dealkylation sites (N-methyl/N-ethyl adjacent to an activating group) is 1. The molecule has 0 unspecified atom stereocenters. The van der Waals surface area contributed by atoms with Crippen molar-refractivity contribution < 1.29 is 9.28 Å². The van der Waals surface area contributed by atoms with Gasteiger partial charge in [0.15, 0.2) is 0 Å². The van der Waals surface area contributed by atoms with Gasteiger partial charge in [-0.25, -0.2) is 0 Å². The molecule has 0 aliphatic carbocycles. The fourth-order valence-corrected chi connectivity index (χ4v) is 3.27. The molecule has 0 aliphatic heterocycles. The number of rotatable bonds is 12. The van der Waals surface area contributed by atoms with Crippen LogP contribution in [0.5, 0.6) is 0 Å². The summed E-state index contributed by atoms with van der Waals surface area (Å²) < 4.78 is 0.930. The predicted octanol–water partition coefficient (Wildman–Crippen LogP) is 5.33. The normalized spacial score (nSPS) is 11.4. The van der Waals surface area contributed by atoms with Crippen molar-refractivity contribution in [2.24, 2.45) is 0 Å². The minimum Gasteiger partial charge on any atom is -0.362 e. The van der Waals surface area contributed by atoms with Crippen molar-refractivity contribution in [2.45, 2.75) is 45.6 Å². The third-order valence-corrected chi connectivity index (χ3v) is 5.15. The first kappa shape index (κ1) is 22.2. The van der Waals surface area contributed by atoms with Crippen LogP contribution in [-0.4, -0.2) is 45.0 Å². The number of aryl methyl sites for hydroxylation is 1. The van der Waals surface area contributed by atoms with Gasteiger partial charge >= 0.3 is 0 Å². The standard InChI is InChI=1S/C25H37N2O/c1-5-6-7-8-9-22-10-12-23(13-11-22)20-26(18-19-27(2,3)4)25-16-14-24(21-28)15-17-25/h10-17,21H,5-9,18-20H2,1-4H3/q+1. The Bertz CT molecular complexity index is 699. The van der Waals surface area contributed by atoms with Crippen molar-refractivity contribution in [3.05, 3.63) is 65.2 Å². The van der Waals surface area contributed by atoms with Crippen LogP contribution in [0.15, 0.2) is 48.5 Å². The lowest BCUT2D eigenvalue weighted by Gasteiger charge is -2.30. The van der Waals surface area contributed by atoms with Crippen molar-refractivity contribution in [1.82, 2.24) is 0 Å². The molecule has 0 saturated carbocycles. The molecule has 0 atom stereocenters. The summed E-state index contributed by atoms with van der Waals surface area (Å²) >= 11 is 0. The van der Waals surface area contributed by atoms with Gasteiger partial charge in [0.2, 0.25) is 0 Å². The van der Waals surface area contributed by atoms with Gasteiger partial charge < -0.3 is 9.38 Å². The first-order chi connectivity index (χ1) is 13.4. The van der Waals surface area contributed by atoms with Crippen LogP contribution < -0.4 is 4.90 Å². The number of anilines is 1. The molecule has 0 N–H and O–H groups in total. The van der Waals surface area contributed by atoms with E-state index < -0.39 is 0 Å². The van der Waals surface area contributed by atoms with E-state index in [0.29, 0.717) is 0 Å². The van der Waals surface area contributed by atoms with Crippen molar-refractivity contribution in [1.29, 1.82) is 0 Å². The molecule has 2 aromatic carbocycles. The summed E-state index contributed by atoms with van der Waals surface area (Å²) in [6, 6.07) is 17.0. The van der Waals surface area contributed by atoms with Crippen LogP contribution in [0.1, 0.15) is 54.1 Å². The predicted molar refractivity (Wildman–Crippen MR) is 120 cm³/mol. The zero-order valence-corrected chi connectivity index (χ0v) is 18.2. The van der Waals surface area contributed by atoms with Crippen LogP contribution in [0.25, 0.3) is 0 Å². The van der Waals surface area contributed by atoms with Crippen molar-refractivity contribution >= 4 is 12.0 Å². The average Bonchev–Trinajstić information content (AvgIpc) is 2.69. The van der Waals surface area contributed by atoms with Gasteiger partial charge in [0.25, 0.3) is 0 Å².